The van der Waals surface area contributed by atoms with Crippen molar-refractivity contribution in [1.29, 1.82) is 0 Å². The van der Waals surface area contributed by atoms with Crippen LogP contribution < -0.4 is 0 Å². The molecule has 14 heavy (non-hydrogen) atoms. The second-order valence-electron chi connectivity index (χ2n) is 2.99. The van der Waals surface area contributed by atoms with E-state index in [0.29, 0.717) is 0 Å². The third-order valence-electron chi connectivity index (χ3n) is 2.01. The highest BCUT2D eigenvalue weighted by Gasteiger charge is 1.83. The molecule has 0 bridgehead atoms. The van der Waals surface area contributed by atoms with Gasteiger partial charge in [-0.05, 0) is 22.9 Å². The third-order valence-corrected chi connectivity index (χ3v) is 2.01. The quantitative estimate of drug-likeness (QED) is 0.607. The van der Waals surface area contributed by atoms with Crippen molar-refractivity contribution in [2.24, 2.45) is 0 Å². The number of fused-ring (bicyclic) bond motifs is 1. The molecule has 0 saturated carbocycles. The van der Waals surface area contributed by atoms with Gasteiger partial charge in [-0.1, -0.05) is 42.5 Å². The van der Waals surface area contributed by atoms with Crippen LogP contribution in [0, 0.1) is 0 Å². The average Bonchev–Trinajstić information content (AvgIpc) is 2.25. The minimum Gasteiger partial charge on any atom is -0.265 e. The van der Waals surface area contributed by atoms with Crippen LogP contribution in [0.15, 0.2) is 67.0 Å². The summed E-state index contributed by atoms with van der Waals surface area (Å²) in [4.78, 5) is 4.11. The Labute approximate surface area is 83.4 Å². The van der Waals surface area contributed by atoms with E-state index in [4.69, 9.17) is 0 Å². The molecule has 2 aromatic rings. The van der Waals surface area contributed by atoms with Gasteiger partial charge in [0, 0.05) is 12.4 Å². The maximum Gasteiger partial charge on any atom is 0.0273 e. The van der Waals surface area contributed by atoms with Gasteiger partial charge >= 0.3 is 0 Å². The van der Waals surface area contributed by atoms with Crippen LogP contribution in [-0.2, 0) is 0 Å². The van der Waals surface area contributed by atoms with E-state index in [2.05, 4.69) is 23.2 Å². The molecule has 2 rings (SSSR count). The van der Waals surface area contributed by atoms with Crippen LogP contribution in [0.5, 0.6) is 0 Å². The average molecular weight is 181 g/mol. The van der Waals surface area contributed by atoms with Crippen LogP contribution in [0.25, 0.3) is 10.8 Å². The topological polar surface area (TPSA) is 12.9 Å². The zero-order valence-corrected chi connectivity index (χ0v) is 7.80. The Bertz CT molecular complexity index is 430. The van der Waals surface area contributed by atoms with E-state index in [1.165, 1.54) is 10.8 Å². The van der Waals surface area contributed by atoms with E-state index in [-0.39, 0.29) is 0 Å². The Balaban J connectivity index is 2.76. The predicted octanol–water partition coefficient (Wildman–Crippen LogP) is 3.36. The number of hydrogen-bond acceptors (Lipinski definition) is 1. The Morgan fingerprint density at radius 2 is 1.21 bits per heavy atom. The van der Waals surface area contributed by atoms with Gasteiger partial charge in [0.25, 0.3) is 0 Å². The molecule has 0 spiro atoms. The summed E-state index contributed by atoms with van der Waals surface area (Å²) in [5.74, 6) is 0. The lowest BCUT2D eigenvalue weighted by molar-refractivity contribution is 1.36. The lowest BCUT2D eigenvalue weighted by Gasteiger charge is -1.90. The van der Waals surface area contributed by atoms with Crippen LogP contribution in [0.2, 0.25) is 0 Å². The molecular formula is C13H11N. The van der Waals surface area contributed by atoms with Gasteiger partial charge in [-0.25, -0.2) is 0 Å². The standard InChI is InChI=1S/C13H11N/c1-2-6-12-7-3-4-8-13(12)9-11-14-10-5-1/h1-11H. The molecule has 0 aliphatic heterocycles. The van der Waals surface area contributed by atoms with Crippen molar-refractivity contribution in [2.45, 2.75) is 0 Å². The van der Waals surface area contributed by atoms with Crippen LogP contribution in [0.4, 0.5) is 0 Å². The zero-order valence-electron chi connectivity index (χ0n) is 7.80. The summed E-state index contributed by atoms with van der Waals surface area (Å²) in [6.07, 6.45) is 3.58. The molecule has 1 heteroatoms. The van der Waals surface area contributed by atoms with E-state index in [1.54, 1.807) is 6.20 Å². The summed E-state index contributed by atoms with van der Waals surface area (Å²) in [7, 11) is 0. The fraction of sp³-hybridized carbons (Fsp3) is 0. The molecule has 0 atom stereocenters. The van der Waals surface area contributed by atoms with Crippen molar-refractivity contribution < 1.29 is 0 Å². The fourth-order valence-electron chi connectivity index (χ4n) is 1.31. The normalized spacial score (nSPS) is 9.43. The molecule has 0 radical (unpaired) electrons. The van der Waals surface area contributed by atoms with Crippen LogP contribution in [-0.4, -0.2) is 4.98 Å². The molecule has 1 aromatic carbocycles. The molecule has 0 N–H and O–H groups in total. The molecule has 0 amide bonds. The molecule has 1 heterocycles. The van der Waals surface area contributed by atoms with Crippen molar-refractivity contribution >= 4 is 10.8 Å². The van der Waals surface area contributed by atoms with Crippen molar-refractivity contribution in [3.8, 4) is 0 Å². The summed E-state index contributed by atoms with van der Waals surface area (Å²) >= 11 is 0. The van der Waals surface area contributed by atoms with Gasteiger partial charge < -0.3 is 0 Å². The van der Waals surface area contributed by atoms with Gasteiger partial charge in [0.05, 0.1) is 0 Å². The fourth-order valence-corrected chi connectivity index (χ4v) is 1.31. The van der Waals surface area contributed by atoms with Gasteiger partial charge in [-0.2, -0.15) is 0 Å². The second kappa shape index (κ2) is 4.38. The minimum atomic E-state index is 1.19. The van der Waals surface area contributed by atoms with E-state index >= 15 is 0 Å². The molecular weight excluding hydrogens is 170 g/mol. The van der Waals surface area contributed by atoms with E-state index < -0.39 is 0 Å². The number of hydrogen-bond donors (Lipinski definition) is 0. The Morgan fingerprint density at radius 3 is 2.00 bits per heavy atom. The highest BCUT2D eigenvalue weighted by molar-refractivity contribution is 5.80. The number of benzene rings is 1. The molecule has 0 unspecified atom stereocenters. The van der Waals surface area contributed by atoms with Crippen LogP contribution in [0.1, 0.15) is 0 Å². The SMILES string of the molecule is c1ccnccc2ccccc2cc1. The number of rotatable bonds is 0. The summed E-state index contributed by atoms with van der Waals surface area (Å²) in [5.41, 5.74) is 0. The van der Waals surface area contributed by atoms with Crippen molar-refractivity contribution in [3.63, 3.8) is 0 Å². The lowest BCUT2D eigenvalue weighted by Crippen LogP contribution is -1.66. The zero-order chi connectivity index (χ0) is 9.64. The minimum absolute atomic E-state index is 1.19. The van der Waals surface area contributed by atoms with E-state index in [0.717, 1.165) is 0 Å². The number of nitrogens with zero attached hydrogens (tertiary/aromatic N) is 1. The van der Waals surface area contributed by atoms with Crippen LogP contribution >= 0.6 is 0 Å². The molecule has 0 fully saturated rings. The van der Waals surface area contributed by atoms with Crippen LogP contribution in [0.3, 0.4) is 0 Å². The van der Waals surface area contributed by atoms with Crippen molar-refractivity contribution in [1.82, 2.24) is 4.98 Å². The maximum absolute atomic E-state index is 4.11. The maximum atomic E-state index is 4.11. The summed E-state index contributed by atoms with van der Waals surface area (Å²) in [6, 6.07) is 18.2. The smallest absolute Gasteiger partial charge is 0.0273 e. The van der Waals surface area contributed by atoms with Gasteiger partial charge in [0.1, 0.15) is 0 Å². The monoisotopic (exact) mass is 181 g/mol. The number of aromatic nitrogens is 1. The Kier molecular flexibility index (Phi) is 2.72. The third kappa shape index (κ3) is 2.07. The molecule has 1 nitrogen and oxygen atoms in total. The molecule has 1 aromatic heterocycles. The Hall–Kier alpha value is -1.89. The first-order chi connectivity index (χ1) is 6.97. The first-order valence-electron chi connectivity index (χ1n) is 4.59. The van der Waals surface area contributed by atoms with E-state index in [9.17, 15) is 0 Å². The Morgan fingerprint density at radius 1 is 0.571 bits per heavy atom. The molecule has 68 valence electrons. The lowest BCUT2D eigenvalue weighted by atomic mass is 10.2. The van der Waals surface area contributed by atoms with Crippen molar-refractivity contribution in [3.05, 3.63) is 67.0 Å². The van der Waals surface area contributed by atoms with Gasteiger partial charge in [0.15, 0.2) is 0 Å². The molecule has 0 aliphatic carbocycles. The van der Waals surface area contributed by atoms with Gasteiger partial charge in [-0.15, -0.1) is 0 Å². The highest BCUT2D eigenvalue weighted by atomic mass is 14.6. The first-order valence-corrected chi connectivity index (χ1v) is 4.59. The molecule has 0 saturated heterocycles. The van der Waals surface area contributed by atoms with E-state index in [1.807, 2.05) is 42.6 Å². The van der Waals surface area contributed by atoms with Gasteiger partial charge in [-0.3, -0.25) is 4.98 Å². The largest absolute Gasteiger partial charge is 0.265 e. The summed E-state index contributed by atoms with van der Waals surface area (Å²) in [5, 5.41) is 2.40. The van der Waals surface area contributed by atoms with Gasteiger partial charge in [0.2, 0.25) is 0 Å². The summed E-state index contributed by atoms with van der Waals surface area (Å²) in [6.45, 7) is 0. The summed E-state index contributed by atoms with van der Waals surface area (Å²) < 4.78 is 0. The highest BCUT2D eigenvalue weighted by Crippen LogP contribution is 2.08. The first kappa shape index (κ1) is 8.70. The van der Waals surface area contributed by atoms with Crippen molar-refractivity contribution in [2.75, 3.05) is 0 Å². The molecule has 0 aliphatic rings. The second-order valence-corrected chi connectivity index (χ2v) is 2.99. The predicted molar refractivity (Wildman–Crippen MR) is 59.4 cm³/mol.